The molecular weight excluding hydrogens is 423 g/mol. The van der Waals surface area contributed by atoms with E-state index in [-0.39, 0.29) is 15.9 Å². The van der Waals surface area contributed by atoms with Gasteiger partial charge in [-0.05, 0) is 39.7 Å². The van der Waals surface area contributed by atoms with Crippen LogP contribution in [0.1, 0.15) is 11.3 Å². The maximum atomic E-state index is 13.2. The minimum absolute atomic E-state index is 0.00178. The van der Waals surface area contributed by atoms with Crippen LogP contribution in [0.15, 0.2) is 64.1 Å². The molecule has 0 N–H and O–H groups in total. The molecule has 1 aromatic heterocycles. The van der Waals surface area contributed by atoms with E-state index in [0.717, 1.165) is 22.0 Å². The molecule has 9 heteroatoms. The standard InChI is InChI=1S/C17H16BrFN4O2S/c1-22(26(24,25)17-8-7-14(19)9-16(17)18)11-15-12-23(21-20-15)10-13-5-3-2-4-6-13/h2-9,12H,10-11H2,1H3. The Bertz CT molecular complexity index is 1010. The first-order chi connectivity index (χ1) is 12.4. The summed E-state index contributed by atoms with van der Waals surface area (Å²) in [5.41, 5.74) is 1.59. The Labute approximate surface area is 159 Å². The highest BCUT2D eigenvalue weighted by Crippen LogP contribution is 2.25. The summed E-state index contributed by atoms with van der Waals surface area (Å²) in [6, 6.07) is 13.2. The second kappa shape index (κ2) is 7.65. The van der Waals surface area contributed by atoms with E-state index in [1.54, 1.807) is 10.9 Å². The Morgan fingerprint density at radius 3 is 2.62 bits per heavy atom. The third-order valence-corrected chi connectivity index (χ3v) is 6.52. The molecule has 0 aliphatic carbocycles. The van der Waals surface area contributed by atoms with Gasteiger partial charge in [0.15, 0.2) is 0 Å². The highest BCUT2D eigenvalue weighted by atomic mass is 79.9. The molecule has 3 rings (SSSR count). The number of rotatable bonds is 6. The Morgan fingerprint density at radius 1 is 1.19 bits per heavy atom. The lowest BCUT2D eigenvalue weighted by Gasteiger charge is -2.16. The van der Waals surface area contributed by atoms with E-state index in [1.807, 2.05) is 30.3 Å². The van der Waals surface area contributed by atoms with Crippen molar-refractivity contribution < 1.29 is 12.8 Å². The molecule has 0 amide bonds. The Hall–Kier alpha value is -2.10. The topological polar surface area (TPSA) is 68.1 Å². The average molecular weight is 439 g/mol. The van der Waals surface area contributed by atoms with Gasteiger partial charge in [0.05, 0.1) is 29.9 Å². The van der Waals surface area contributed by atoms with Crippen LogP contribution >= 0.6 is 15.9 Å². The van der Waals surface area contributed by atoms with Gasteiger partial charge in [-0.3, -0.25) is 0 Å². The fourth-order valence-electron chi connectivity index (χ4n) is 2.42. The molecule has 0 saturated heterocycles. The van der Waals surface area contributed by atoms with Gasteiger partial charge in [0.2, 0.25) is 10.0 Å². The summed E-state index contributed by atoms with van der Waals surface area (Å²) < 4.78 is 41.6. The summed E-state index contributed by atoms with van der Waals surface area (Å²) in [4.78, 5) is -0.00178. The summed E-state index contributed by atoms with van der Waals surface area (Å²) in [5, 5.41) is 8.07. The van der Waals surface area contributed by atoms with Crippen molar-refractivity contribution in [2.24, 2.45) is 0 Å². The number of benzene rings is 2. The molecule has 136 valence electrons. The first kappa shape index (κ1) is 18.7. The van der Waals surface area contributed by atoms with Crippen LogP contribution < -0.4 is 0 Å². The Balaban J connectivity index is 1.74. The quantitative estimate of drug-likeness (QED) is 0.592. The van der Waals surface area contributed by atoms with Crippen LogP contribution in [0.4, 0.5) is 4.39 Å². The minimum atomic E-state index is -3.79. The van der Waals surface area contributed by atoms with Crippen LogP contribution in [0.25, 0.3) is 0 Å². The molecule has 2 aromatic carbocycles. The fourth-order valence-corrected chi connectivity index (χ4v) is 4.57. The van der Waals surface area contributed by atoms with Crippen molar-refractivity contribution >= 4 is 26.0 Å². The van der Waals surface area contributed by atoms with Gasteiger partial charge in [0.25, 0.3) is 0 Å². The van der Waals surface area contributed by atoms with Gasteiger partial charge in [0, 0.05) is 11.5 Å². The van der Waals surface area contributed by atoms with E-state index in [9.17, 15) is 12.8 Å². The number of nitrogens with zero attached hydrogens (tertiary/aromatic N) is 4. The van der Waals surface area contributed by atoms with E-state index >= 15 is 0 Å². The second-order valence-corrected chi connectivity index (χ2v) is 8.60. The van der Waals surface area contributed by atoms with Crippen molar-refractivity contribution in [1.29, 1.82) is 0 Å². The van der Waals surface area contributed by atoms with Crippen molar-refractivity contribution in [3.63, 3.8) is 0 Å². The first-order valence-corrected chi connectivity index (χ1v) is 9.94. The maximum Gasteiger partial charge on any atom is 0.244 e. The normalized spacial score (nSPS) is 11.8. The second-order valence-electron chi connectivity index (χ2n) is 5.73. The number of aromatic nitrogens is 3. The molecule has 0 unspecified atom stereocenters. The number of hydrogen-bond acceptors (Lipinski definition) is 4. The average Bonchev–Trinajstić information content (AvgIpc) is 3.02. The van der Waals surface area contributed by atoms with E-state index in [0.29, 0.717) is 12.2 Å². The third kappa shape index (κ3) is 4.17. The highest BCUT2D eigenvalue weighted by Gasteiger charge is 2.24. The van der Waals surface area contributed by atoms with Crippen molar-refractivity contribution in [3.05, 3.63) is 76.3 Å². The number of halogens is 2. The molecule has 6 nitrogen and oxygen atoms in total. The Morgan fingerprint density at radius 2 is 1.92 bits per heavy atom. The van der Waals surface area contributed by atoms with Crippen LogP contribution in [0, 0.1) is 5.82 Å². The molecule has 0 radical (unpaired) electrons. The molecule has 26 heavy (non-hydrogen) atoms. The first-order valence-electron chi connectivity index (χ1n) is 7.70. The number of sulfonamides is 1. The van der Waals surface area contributed by atoms with Crippen LogP contribution in [0.2, 0.25) is 0 Å². The van der Waals surface area contributed by atoms with Gasteiger partial charge in [-0.1, -0.05) is 35.5 Å². The third-order valence-electron chi connectivity index (χ3n) is 3.74. The van der Waals surface area contributed by atoms with Gasteiger partial charge in [-0.25, -0.2) is 17.5 Å². The highest BCUT2D eigenvalue weighted by molar-refractivity contribution is 9.10. The van der Waals surface area contributed by atoms with Gasteiger partial charge in [0.1, 0.15) is 5.82 Å². The van der Waals surface area contributed by atoms with E-state index in [2.05, 4.69) is 26.2 Å². The van der Waals surface area contributed by atoms with E-state index in [4.69, 9.17) is 0 Å². The molecule has 0 spiro atoms. The molecular formula is C17H16BrFN4O2S. The molecule has 3 aromatic rings. The SMILES string of the molecule is CN(Cc1cn(Cc2ccccc2)nn1)S(=O)(=O)c1ccc(F)cc1Br. The van der Waals surface area contributed by atoms with Crippen LogP contribution in [-0.2, 0) is 23.1 Å². The maximum absolute atomic E-state index is 13.2. The zero-order valence-electron chi connectivity index (χ0n) is 13.9. The van der Waals surface area contributed by atoms with Crippen molar-refractivity contribution in [2.45, 2.75) is 18.0 Å². The molecule has 0 fully saturated rings. The van der Waals surface area contributed by atoms with Gasteiger partial charge in [-0.2, -0.15) is 4.31 Å². The molecule has 0 atom stereocenters. The minimum Gasteiger partial charge on any atom is -0.248 e. The molecule has 1 heterocycles. The monoisotopic (exact) mass is 438 g/mol. The zero-order chi connectivity index (χ0) is 18.7. The Kier molecular flexibility index (Phi) is 5.49. The molecule has 0 saturated carbocycles. The summed E-state index contributed by atoms with van der Waals surface area (Å²) in [6.45, 7) is 0.606. The molecule has 0 bridgehead atoms. The van der Waals surface area contributed by atoms with Gasteiger partial charge in [-0.15, -0.1) is 5.10 Å². The molecule has 0 aliphatic heterocycles. The van der Waals surface area contributed by atoms with Gasteiger partial charge < -0.3 is 0 Å². The lowest BCUT2D eigenvalue weighted by molar-refractivity contribution is 0.461. The lowest BCUT2D eigenvalue weighted by Crippen LogP contribution is -2.27. The summed E-state index contributed by atoms with van der Waals surface area (Å²) in [7, 11) is -2.35. The van der Waals surface area contributed by atoms with Crippen LogP contribution in [0.5, 0.6) is 0 Å². The van der Waals surface area contributed by atoms with E-state index < -0.39 is 15.8 Å². The van der Waals surface area contributed by atoms with Gasteiger partial charge >= 0.3 is 0 Å². The van der Waals surface area contributed by atoms with Crippen molar-refractivity contribution in [3.8, 4) is 0 Å². The smallest absolute Gasteiger partial charge is 0.244 e. The predicted molar refractivity (Wildman–Crippen MR) is 98.3 cm³/mol. The predicted octanol–water partition coefficient (Wildman–Crippen LogP) is 3.05. The van der Waals surface area contributed by atoms with Crippen molar-refractivity contribution in [2.75, 3.05) is 7.05 Å². The van der Waals surface area contributed by atoms with Crippen LogP contribution in [-0.4, -0.2) is 34.8 Å². The summed E-state index contributed by atoms with van der Waals surface area (Å²) in [5.74, 6) is -0.512. The molecule has 0 aliphatic rings. The summed E-state index contributed by atoms with van der Waals surface area (Å²) >= 11 is 3.10. The number of hydrogen-bond donors (Lipinski definition) is 0. The van der Waals surface area contributed by atoms with E-state index in [1.165, 1.54) is 13.1 Å². The summed E-state index contributed by atoms with van der Waals surface area (Å²) in [6.07, 6.45) is 1.71. The fraction of sp³-hybridized carbons (Fsp3) is 0.176. The van der Waals surface area contributed by atoms with Crippen LogP contribution in [0.3, 0.4) is 0 Å². The largest absolute Gasteiger partial charge is 0.248 e. The van der Waals surface area contributed by atoms with Crippen molar-refractivity contribution in [1.82, 2.24) is 19.3 Å². The lowest BCUT2D eigenvalue weighted by atomic mass is 10.2. The zero-order valence-corrected chi connectivity index (χ0v) is 16.3.